The Morgan fingerprint density at radius 1 is 1.32 bits per heavy atom. The molecule has 0 unspecified atom stereocenters. The largest absolute Gasteiger partial charge is 0.317 e. The van der Waals surface area contributed by atoms with Gasteiger partial charge in [-0.3, -0.25) is 4.90 Å². The first-order valence-electron chi connectivity index (χ1n) is 6.91. The Labute approximate surface area is 119 Å². The van der Waals surface area contributed by atoms with Crippen LogP contribution in [0.4, 0.5) is 4.39 Å². The molecule has 0 amide bonds. The maximum atomic E-state index is 13.3. The Morgan fingerprint density at radius 3 is 2.63 bits per heavy atom. The third-order valence-electron chi connectivity index (χ3n) is 4.16. The molecule has 1 saturated carbocycles. The molecule has 2 nitrogen and oxygen atoms in total. The van der Waals surface area contributed by atoms with Crippen LogP contribution in [0.1, 0.15) is 31.2 Å². The molecule has 1 aromatic carbocycles. The first kappa shape index (κ1) is 14.8. The highest BCUT2D eigenvalue weighted by molar-refractivity contribution is 6.31. The van der Waals surface area contributed by atoms with E-state index in [1.54, 1.807) is 6.07 Å². The predicted octanol–water partition coefficient (Wildman–Crippen LogP) is 3.44. The van der Waals surface area contributed by atoms with Crippen molar-refractivity contribution in [3.8, 4) is 0 Å². The van der Waals surface area contributed by atoms with Crippen LogP contribution < -0.4 is 5.32 Å². The smallest absolute Gasteiger partial charge is 0.123 e. The quantitative estimate of drug-likeness (QED) is 0.911. The normalized spacial score (nSPS) is 23.8. The lowest BCUT2D eigenvalue weighted by Crippen LogP contribution is -2.39. The van der Waals surface area contributed by atoms with E-state index in [0.29, 0.717) is 23.7 Å². The maximum Gasteiger partial charge on any atom is 0.123 e. The van der Waals surface area contributed by atoms with Crippen LogP contribution in [0.3, 0.4) is 0 Å². The lowest BCUT2D eigenvalue weighted by molar-refractivity contribution is 0.170. The highest BCUT2D eigenvalue weighted by atomic mass is 35.5. The van der Waals surface area contributed by atoms with Gasteiger partial charge in [-0.1, -0.05) is 11.6 Å². The van der Waals surface area contributed by atoms with Crippen molar-refractivity contribution >= 4 is 11.6 Å². The SMILES string of the molecule is CNC1CCC(N(C)Cc2cc(F)ccc2Cl)CC1. The lowest BCUT2D eigenvalue weighted by atomic mass is 9.90. The zero-order valence-electron chi connectivity index (χ0n) is 11.6. The molecule has 1 aliphatic carbocycles. The van der Waals surface area contributed by atoms with Crippen LogP contribution in [-0.2, 0) is 6.54 Å². The fourth-order valence-corrected chi connectivity index (χ4v) is 3.04. The number of nitrogens with zero attached hydrogens (tertiary/aromatic N) is 1. The first-order chi connectivity index (χ1) is 9.10. The van der Waals surface area contributed by atoms with Crippen molar-refractivity contribution in [1.29, 1.82) is 0 Å². The standard InChI is InChI=1S/C15H22ClFN2/c1-18-13-4-6-14(7-5-13)19(2)10-11-9-12(17)3-8-15(11)16/h3,8-9,13-14,18H,4-7,10H2,1-2H3. The lowest BCUT2D eigenvalue weighted by Gasteiger charge is -2.34. The number of hydrogen-bond donors (Lipinski definition) is 1. The molecular weight excluding hydrogens is 263 g/mol. The Balaban J connectivity index is 1.94. The van der Waals surface area contributed by atoms with Crippen molar-refractivity contribution in [2.45, 2.75) is 44.3 Å². The van der Waals surface area contributed by atoms with Gasteiger partial charge in [0.05, 0.1) is 0 Å². The molecule has 1 N–H and O–H groups in total. The highest BCUT2D eigenvalue weighted by Gasteiger charge is 2.23. The van der Waals surface area contributed by atoms with Gasteiger partial charge in [0, 0.05) is 23.7 Å². The van der Waals surface area contributed by atoms with Gasteiger partial charge in [0.1, 0.15) is 5.82 Å². The molecule has 1 aliphatic rings. The zero-order valence-corrected chi connectivity index (χ0v) is 12.4. The molecule has 4 heteroatoms. The van der Waals surface area contributed by atoms with Gasteiger partial charge in [-0.15, -0.1) is 0 Å². The monoisotopic (exact) mass is 284 g/mol. The molecule has 106 valence electrons. The van der Waals surface area contributed by atoms with E-state index in [2.05, 4.69) is 17.3 Å². The van der Waals surface area contributed by atoms with E-state index in [4.69, 9.17) is 11.6 Å². The van der Waals surface area contributed by atoms with Crippen molar-refractivity contribution in [3.63, 3.8) is 0 Å². The van der Waals surface area contributed by atoms with Crippen LogP contribution >= 0.6 is 11.6 Å². The summed E-state index contributed by atoms with van der Waals surface area (Å²) < 4.78 is 13.3. The molecule has 0 heterocycles. The summed E-state index contributed by atoms with van der Waals surface area (Å²) in [5, 5.41) is 3.99. The van der Waals surface area contributed by atoms with E-state index >= 15 is 0 Å². The van der Waals surface area contributed by atoms with Crippen molar-refractivity contribution in [3.05, 3.63) is 34.6 Å². The van der Waals surface area contributed by atoms with E-state index in [1.807, 2.05) is 7.05 Å². The molecule has 0 spiro atoms. The summed E-state index contributed by atoms with van der Waals surface area (Å²) in [4.78, 5) is 2.30. The van der Waals surface area contributed by atoms with Gasteiger partial charge in [-0.2, -0.15) is 0 Å². The summed E-state index contributed by atoms with van der Waals surface area (Å²) in [6, 6.07) is 5.81. The Bertz CT molecular complexity index is 417. The van der Waals surface area contributed by atoms with Crippen molar-refractivity contribution < 1.29 is 4.39 Å². The van der Waals surface area contributed by atoms with Gasteiger partial charge in [0.25, 0.3) is 0 Å². The molecule has 1 fully saturated rings. The predicted molar refractivity (Wildman–Crippen MR) is 78.0 cm³/mol. The summed E-state index contributed by atoms with van der Waals surface area (Å²) in [5.74, 6) is -0.216. The minimum atomic E-state index is -0.216. The number of hydrogen-bond acceptors (Lipinski definition) is 2. The topological polar surface area (TPSA) is 15.3 Å². The Morgan fingerprint density at radius 2 is 2.00 bits per heavy atom. The van der Waals surface area contributed by atoms with E-state index in [0.717, 1.165) is 5.56 Å². The molecule has 0 aromatic heterocycles. The molecule has 19 heavy (non-hydrogen) atoms. The molecule has 0 saturated heterocycles. The van der Waals surface area contributed by atoms with E-state index in [-0.39, 0.29) is 5.82 Å². The van der Waals surface area contributed by atoms with Gasteiger partial charge in [0.2, 0.25) is 0 Å². The molecular formula is C15H22ClFN2. The highest BCUT2D eigenvalue weighted by Crippen LogP contribution is 2.25. The van der Waals surface area contributed by atoms with Crippen LogP contribution in [0.25, 0.3) is 0 Å². The van der Waals surface area contributed by atoms with Gasteiger partial charge < -0.3 is 5.32 Å². The molecule has 1 aromatic rings. The summed E-state index contributed by atoms with van der Waals surface area (Å²) in [6.07, 6.45) is 4.80. The average Bonchev–Trinajstić information content (AvgIpc) is 2.43. The first-order valence-corrected chi connectivity index (χ1v) is 7.29. The van der Waals surface area contributed by atoms with Crippen LogP contribution in [0.5, 0.6) is 0 Å². The average molecular weight is 285 g/mol. The Hall–Kier alpha value is -0.640. The Kier molecular flexibility index (Phi) is 5.20. The second-order valence-electron chi connectivity index (χ2n) is 5.44. The zero-order chi connectivity index (χ0) is 13.8. The van der Waals surface area contributed by atoms with Gasteiger partial charge in [-0.25, -0.2) is 4.39 Å². The van der Waals surface area contributed by atoms with Crippen molar-refractivity contribution in [2.24, 2.45) is 0 Å². The minimum absolute atomic E-state index is 0.216. The van der Waals surface area contributed by atoms with Crippen LogP contribution in [-0.4, -0.2) is 31.1 Å². The third kappa shape index (κ3) is 3.91. The molecule has 0 aliphatic heterocycles. The van der Waals surface area contributed by atoms with E-state index in [1.165, 1.54) is 37.8 Å². The number of rotatable bonds is 4. The molecule has 0 atom stereocenters. The second kappa shape index (κ2) is 6.69. The number of benzene rings is 1. The van der Waals surface area contributed by atoms with Gasteiger partial charge >= 0.3 is 0 Å². The van der Waals surface area contributed by atoms with Crippen LogP contribution in [0.2, 0.25) is 5.02 Å². The summed E-state index contributed by atoms with van der Waals surface area (Å²) in [5.41, 5.74) is 0.875. The minimum Gasteiger partial charge on any atom is -0.317 e. The summed E-state index contributed by atoms with van der Waals surface area (Å²) in [6.45, 7) is 0.714. The van der Waals surface area contributed by atoms with Gasteiger partial charge in [-0.05, 0) is 63.5 Å². The number of halogens is 2. The molecule has 0 radical (unpaired) electrons. The third-order valence-corrected chi connectivity index (χ3v) is 4.52. The fourth-order valence-electron chi connectivity index (χ4n) is 2.87. The molecule has 2 rings (SSSR count). The van der Waals surface area contributed by atoms with E-state index in [9.17, 15) is 4.39 Å². The van der Waals surface area contributed by atoms with Crippen molar-refractivity contribution in [2.75, 3.05) is 14.1 Å². The summed E-state index contributed by atoms with van der Waals surface area (Å²) in [7, 11) is 4.13. The molecule has 0 bridgehead atoms. The van der Waals surface area contributed by atoms with Crippen molar-refractivity contribution in [1.82, 2.24) is 10.2 Å². The van der Waals surface area contributed by atoms with Gasteiger partial charge in [0.15, 0.2) is 0 Å². The number of nitrogens with one attached hydrogen (secondary N) is 1. The van der Waals surface area contributed by atoms with E-state index < -0.39 is 0 Å². The fraction of sp³-hybridized carbons (Fsp3) is 0.600. The summed E-state index contributed by atoms with van der Waals surface area (Å²) >= 11 is 6.12. The maximum absolute atomic E-state index is 13.3. The second-order valence-corrected chi connectivity index (χ2v) is 5.85. The van der Waals surface area contributed by atoms with Crippen LogP contribution in [0, 0.1) is 5.82 Å². The van der Waals surface area contributed by atoms with Crippen LogP contribution in [0.15, 0.2) is 18.2 Å².